The maximum absolute atomic E-state index is 10.8. The van der Waals surface area contributed by atoms with Crippen LogP contribution < -0.4 is 0 Å². The minimum atomic E-state index is -1.02. The molecular weight excluding hydrogens is 636 g/mol. The minimum Gasteiger partial charge on any atom is -0.381 e. The van der Waals surface area contributed by atoms with Crippen molar-refractivity contribution in [3.8, 4) is 0 Å². The van der Waals surface area contributed by atoms with E-state index in [9.17, 15) is 9.90 Å². The van der Waals surface area contributed by atoms with Gasteiger partial charge in [0.1, 0.15) is 5.60 Å². The molecule has 2 aromatic carbocycles. The van der Waals surface area contributed by atoms with Crippen LogP contribution in [0.15, 0.2) is 111 Å². The fourth-order valence-electron chi connectivity index (χ4n) is 2.66. The van der Waals surface area contributed by atoms with E-state index in [1.807, 2.05) is 66.7 Å². The number of halogens is 3. The van der Waals surface area contributed by atoms with Crippen LogP contribution in [-0.4, -0.2) is 20.9 Å². The molecule has 1 atom stereocenters. The van der Waals surface area contributed by atoms with Crippen LogP contribution in [0.1, 0.15) is 50.2 Å². The summed E-state index contributed by atoms with van der Waals surface area (Å²) >= 11 is 9.93. The lowest BCUT2D eigenvalue weighted by Crippen LogP contribution is -2.22. The number of carbonyl (C=O) groups excluding carboxylic acids is 1. The molecule has 186 valence electrons. The van der Waals surface area contributed by atoms with Gasteiger partial charge in [0.2, 0.25) is 0 Å². The van der Waals surface area contributed by atoms with Crippen molar-refractivity contribution in [2.24, 2.45) is 0 Å². The van der Waals surface area contributed by atoms with Crippen LogP contribution in [0.4, 0.5) is 0 Å². The molecule has 7 heteroatoms. The highest BCUT2D eigenvalue weighted by atomic mass is 79.9. The lowest BCUT2D eigenvalue weighted by atomic mass is 9.89. The van der Waals surface area contributed by atoms with Gasteiger partial charge in [0.25, 0.3) is 0 Å². The van der Waals surface area contributed by atoms with Crippen molar-refractivity contribution in [3.63, 3.8) is 0 Å². The highest BCUT2D eigenvalue weighted by Crippen LogP contribution is 2.29. The SMILES string of the molecule is Brc1cccnc1.C.C.CC(=O)c1cccc(Br)c1.CC(O)(c1cccnc1)c1cccc(Br)c1. The number of carbonyl (C=O) groups is 1. The maximum atomic E-state index is 10.8. The summed E-state index contributed by atoms with van der Waals surface area (Å²) in [5, 5.41) is 10.5. The molecule has 0 radical (unpaired) electrons. The smallest absolute Gasteiger partial charge is 0.159 e. The second-order valence-electron chi connectivity index (χ2n) is 7.06. The van der Waals surface area contributed by atoms with Crippen LogP contribution in [-0.2, 0) is 5.60 Å². The topological polar surface area (TPSA) is 63.1 Å². The minimum absolute atomic E-state index is 0. The molecule has 0 aliphatic rings. The molecule has 0 spiro atoms. The molecule has 35 heavy (non-hydrogen) atoms. The van der Waals surface area contributed by atoms with Crippen LogP contribution in [0.2, 0.25) is 0 Å². The Hall–Kier alpha value is -2.19. The van der Waals surface area contributed by atoms with E-state index >= 15 is 0 Å². The van der Waals surface area contributed by atoms with Crippen LogP contribution in [0.25, 0.3) is 0 Å². The molecule has 2 aromatic heterocycles. The first-order valence-electron chi connectivity index (χ1n) is 9.91. The first kappa shape index (κ1) is 32.8. The Morgan fingerprint density at radius 1 is 0.743 bits per heavy atom. The van der Waals surface area contributed by atoms with Gasteiger partial charge in [-0.05, 0) is 77.8 Å². The number of Topliss-reactive ketones (excluding diaryl/α,β-unsaturated/α-hetero) is 1. The van der Waals surface area contributed by atoms with E-state index in [0.29, 0.717) is 0 Å². The molecule has 4 nitrogen and oxygen atoms in total. The summed E-state index contributed by atoms with van der Waals surface area (Å²) in [5.74, 6) is 0.0984. The summed E-state index contributed by atoms with van der Waals surface area (Å²) in [7, 11) is 0. The molecule has 0 bridgehead atoms. The standard InChI is InChI=1S/C13H12BrNO.C8H7BrO.C5H4BrN.2CH4/c1-13(16,11-5-3-7-15-9-11)10-4-2-6-12(14)8-10;1-6(10)7-3-2-4-8(9)5-7;6-5-2-1-3-7-4-5;;/h2-9,16H,1H3;2-5H,1H3;1-4H;2*1H4. The van der Waals surface area contributed by atoms with Crippen molar-refractivity contribution in [1.82, 2.24) is 9.97 Å². The molecule has 1 unspecified atom stereocenters. The molecule has 0 aliphatic carbocycles. The van der Waals surface area contributed by atoms with E-state index < -0.39 is 5.60 Å². The van der Waals surface area contributed by atoms with E-state index in [1.165, 1.54) is 0 Å². The molecule has 0 aliphatic heterocycles. The summed E-state index contributed by atoms with van der Waals surface area (Å²) in [4.78, 5) is 18.6. The Balaban J connectivity index is 0.000000525. The maximum Gasteiger partial charge on any atom is 0.159 e. The van der Waals surface area contributed by atoms with E-state index in [2.05, 4.69) is 57.8 Å². The predicted molar refractivity (Wildman–Crippen MR) is 157 cm³/mol. The van der Waals surface area contributed by atoms with Crippen molar-refractivity contribution in [3.05, 3.63) is 128 Å². The fraction of sp³-hybridized carbons (Fsp3) is 0.179. The average Bonchev–Trinajstić information content (AvgIpc) is 2.81. The normalized spacial score (nSPS) is 11.0. The van der Waals surface area contributed by atoms with Gasteiger partial charge in [0, 0.05) is 49.3 Å². The molecule has 0 amide bonds. The van der Waals surface area contributed by atoms with Gasteiger partial charge in [-0.3, -0.25) is 14.8 Å². The fourth-order valence-corrected chi connectivity index (χ4v) is 3.73. The lowest BCUT2D eigenvalue weighted by Gasteiger charge is -2.24. The Labute approximate surface area is 234 Å². The van der Waals surface area contributed by atoms with Crippen LogP contribution in [0.5, 0.6) is 0 Å². The van der Waals surface area contributed by atoms with Crippen LogP contribution in [0.3, 0.4) is 0 Å². The number of hydrogen-bond donors (Lipinski definition) is 1. The van der Waals surface area contributed by atoms with Crippen molar-refractivity contribution < 1.29 is 9.90 Å². The number of aromatic nitrogens is 2. The Morgan fingerprint density at radius 2 is 1.26 bits per heavy atom. The Bertz CT molecular complexity index is 1150. The number of nitrogens with zero attached hydrogens (tertiary/aromatic N) is 2. The lowest BCUT2D eigenvalue weighted by molar-refractivity contribution is 0.101. The van der Waals surface area contributed by atoms with Crippen molar-refractivity contribution in [2.75, 3.05) is 0 Å². The molecular formula is C28H31Br3N2O2. The number of benzene rings is 2. The molecule has 0 saturated carbocycles. The second kappa shape index (κ2) is 16.5. The largest absolute Gasteiger partial charge is 0.381 e. The van der Waals surface area contributed by atoms with Crippen LogP contribution >= 0.6 is 47.8 Å². The van der Waals surface area contributed by atoms with Gasteiger partial charge in [-0.1, -0.05) is 77.0 Å². The van der Waals surface area contributed by atoms with Gasteiger partial charge in [0.15, 0.2) is 5.78 Å². The third-order valence-corrected chi connectivity index (χ3v) is 5.92. The summed E-state index contributed by atoms with van der Waals surface area (Å²) in [6.45, 7) is 3.33. The monoisotopic (exact) mass is 664 g/mol. The van der Waals surface area contributed by atoms with Gasteiger partial charge in [-0.2, -0.15) is 0 Å². The molecule has 2 heterocycles. The summed E-state index contributed by atoms with van der Waals surface area (Å²) in [6.07, 6.45) is 6.87. The molecule has 1 N–H and O–H groups in total. The second-order valence-corrected chi connectivity index (χ2v) is 9.81. The number of hydrogen-bond acceptors (Lipinski definition) is 4. The average molecular weight is 667 g/mol. The molecule has 0 fully saturated rings. The number of pyridine rings is 2. The van der Waals surface area contributed by atoms with E-state index in [-0.39, 0.29) is 20.6 Å². The third-order valence-electron chi connectivity index (χ3n) is 4.47. The van der Waals surface area contributed by atoms with Crippen LogP contribution in [0, 0.1) is 0 Å². The number of rotatable bonds is 3. The summed E-state index contributed by atoms with van der Waals surface area (Å²) < 4.78 is 2.92. The predicted octanol–water partition coefficient (Wildman–Crippen LogP) is 8.87. The third kappa shape index (κ3) is 11.4. The zero-order valence-electron chi connectivity index (χ0n) is 18.1. The van der Waals surface area contributed by atoms with Gasteiger partial charge in [0.05, 0.1) is 0 Å². The van der Waals surface area contributed by atoms with E-state index in [1.54, 1.807) is 44.7 Å². The van der Waals surface area contributed by atoms with E-state index in [4.69, 9.17) is 0 Å². The Morgan fingerprint density at radius 3 is 1.66 bits per heavy atom. The van der Waals surface area contributed by atoms with Gasteiger partial charge in [-0.25, -0.2) is 0 Å². The highest BCUT2D eigenvalue weighted by molar-refractivity contribution is 9.11. The van der Waals surface area contributed by atoms with Crippen molar-refractivity contribution >= 4 is 53.6 Å². The van der Waals surface area contributed by atoms with Crippen molar-refractivity contribution in [1.29, 1.82) is 0 Å². The molecule has 4 aromatic rings. The first-order chi connectivity index (χ1) is 15.7. The van der Waals surface area contributed by atoms with Gasteiger partial charge in [-0.15, -0.1) is 0 Å². The quantitative estimate of drug-likeness (QED) is 0.222. The van der Waals surface area contributed by atoms with Gasteiger partial charge < -0.3 is 5.11 Å². The number of aliphatic hydroxyl groups is 1. The zero-order valence-corrected chi connectivity index (χ0v) is 22.9. The zero-order chi connectivity index (χ0) is 24.3. The first-order valence-corrected chi connectivity index (χ1v) is 12.3. The summed E-state index contributed by atoms with van der Waals surface area (Å²) in [5.41, 5.74) is 1.36. The number of ketones is 1. The van der Waals surface area contributed by atoms with Crippen molar-refractivity contribution in [2.45, 2.75) is 34.3 Å². The highest BCUT2D eigenvalue weighted by Gasteiger charge is 2.25. The molecule has 0 saturated heterocycles. The Kier molecular flexibility index (Phi) is 15.4. The van der Waals surface area contributed by atoms with E-state index in [0.717, 1.165) is 30.1 Å². The van der Waals surface area contributed by atoms with Gasteiger partial charge >= 0.3 is 0 Å². The summed E-state index contributed by atoms with van der Waals surface area (Å²) in [6, 6.07) is 22.5. The molecule has 4 rings (SSSR count).